The fraction of sp³-hybridized carbons (Fsp3) is 1.00. The summed E-state index contributed by atoms with van der Waals surface area (Å²) in [5.74, 6) is 1.54. The Balaban J connectivity index is 1.70. The minimum Gasteiger partial charge on any atom is -0.372 e. The Kier molecular flexibility index (Phi) is 4.13. The minimum atomic E-state index is 0.434. The average molecular weight is 280 g/mol. The van der Waals surface area contributed by atoms with Crippen molar-refractivity contribution in [2.75, 3.05) is 19.6 Å². The van der Waals surface area contributed by atoms with Gasteiger partial charge in [-0.25, -0.2) is 0 Å². The predicted octanol–water partition coefficient (Wildman–Crippen LogP) is 2.64. The smallest absolute Gasteiger partial charge is 0.0707 e. The largest absolute Gasteiger partial charge is 0.372 e. The summed E-state index contributed by atoms with van der Waals surface area (Å²) in [6.45, 7) is 10.4. The molecule has 0 aromatic carbocycles. The Bertz CT molecular complexity index is 326. The minimum absolute atomic E-state index is 0.434. The molecule has 3 aliphatic rings. The molecule has 0 spiro atoms. The van der Waals surface area contributed by atoms with Crippen molar-refractivity contribution in [3.8, 4) is 0 Å². The summed E-state index contributed by atoms with van der Waals surface area (Å²) in [6.07, 6.45) is 7.55. The van der Waals surface area contributed by atoms with E-state index in [2.05, 4.69) is 25.7 Å². The lowest BCUT2D eigenvalue weighted by molar-refractivity contribution is -0.0742. The van der Waals surface area contributed by atoms with Gasteiger partial charge in [0.2, 0.25) is 0 Å². The molecule has 3 fully saturated rings. The van der Waals surface area contributed by atoms with E-state index in [-0.39, 0.29) is 0 Å². The van der Waals surface area contributed by atoms with Crippen LogP contribution in [0, 0.1) is 17.3 Å². The maximum Gasteiger partial charge on any atom is 0.0707 e. The van der Waals surface area contributed by atoms with E-state index in [1.165, 1.54) is 32.1 Å². The van der Waals surface area contributed by atoms with Crippen molar-refractivity contribution in [1.82, 2.24) is 4.90 Å². The number of ether oxygens (including phenoxy) is 1. The molecule has 0 radical (unpaired) electrons. The molecule has 3 rings (SSSR count). The number of rotatable bonds is 2. The molecular weight excluding hydrogens is 248 g/mol. The van der Waals surface area contributed by atoms with Gasteiger partial charge in [0.1, 0.15) is 0 Å². The van der Waals surface area contributed by atoms with Crippen LogP contribution in [0.1, 0.15) is 52.9 Å². The standard InChI is InChI=1S/C17H32N2O/c1-17(2,3)13-5-4-12(9-18)16(8-13)19-10-14-6-7-15(11-19)20-14/h12-16H,4-11,18H2,1-3H3. The summed E-state index contributed by atoms with van der Waals surface area (Å²) in [5, 5.41) is 0. The molecule has 0 aromatic rings. The van der Waals surface area contributed by atoms with Crippen LogP contribution < -0.4 is 5.73 Å². The Morgan fingerprint density at radius 2 is 1.70 bits per heavy atom. The van der Waals surface area contributed by atoms with Crippen LogP contribution in [-0.2, 0) is 4.74 Å². The molecule has 1 aliphatic carbocycles. The van der Waals surface area contributed by atoms with Crippen LogP contribution in [-0.4, -0.2) is 42.8 Å². The lowest BCUT2D eigenvalue weighted by atomic mass is 9.67. The normalized spacial score (nSPS) is 42.9. The summed E-state index contributed by atoms with van der Waals surface area (Å²) >= 11 is 0. The number of likely N-dealkylation sites (tertiary alicyclic amines) is 1. The van der Waals surface area contributed by atoms with Gasteiger partial charge in [-0.3, -0.25) is 4.90 Å². The number of fused-ring (bicyclic) bond motifs is 2. The van der Waals surface area contributed by atoms with E-state index >= 15 is 0 Å². The SMILES string of the molecule is CC(C)(C)C1CCC(CN)C(N2CC3CCC(C2)O3)C1. The molecule has 3 heteroatoms. The zero-order valence-corrected chi connectivity index (χ0v) is 13.5. The molecule has 5 atom stereocenters. The molecule has 2 heterocycles. The molecule has 20 heavy (non-hydrogen) atoms. The van der Waals surface area contributed by atoms with E-state index in [1.54, 1.807) is 0 Å². The van der Waals surface area contributed by atoms with Gasteiger partial charge in [-0.15, -0.1) is 0 Å². The van der Waals surface area contributed by atoms with Crippen molar-refractivity contribution < 1.29 is 4.74 Å². The predicted molar refractivity (Wildman–Crippen MR) is 82.6 cm³/mol. The second kappa shape index (κ2) is 5.58. The molecule has 0 aromatic heterocycles. The summed E-state index contributed by atoms with van der Waals surface area (Å²) in [7, 11) is 0. The second-order valence-corrected chi connectivity index (χ2v) is 8.35. The van der Waals surface area contributed by atoms with E-state index in [4.69, 9.17) is 10.5 Å². The number of hydrogen-bond acceptors (Lipinski definition) is 3. The maximum atomic E-state index is 6.08. The topological polar surface area (TPSA) is 38.5 Å². The molecule has 2 N–H and O–H groups in total. The highest BCUT2D eigenvalue weighted by Crippen LogP contribution is 2.42. The molecule has 5 unspecified atom stereocenters. The lowest BCUT2D eigenvalue weighted by Gasteiger charge is -2.48. The summed E-state index contributed by atoms with van der Waals surface area (Å²) in [5.41, 5.74) is 6.52. The molecule has 1 saturated carbocycles. The fourth-order valence-corrected chi connectivity index (χ4v) is 4.64. The first-order valence-electron chi connectivity index (χ1n) is 8.57. The first kappa shape index (κ1) is 14.8. The van der Waals surface area contributed by atoms with Crippen LogP contribution in [0.3, 0.4) is 0 Å². The zero-order chi connectivity index (χ0) is 14.3. The van der Waals surface area contributed by atoms with Crippen molar-refractivity contribution in [1.29, 1.82) is 0 Å². The van der Waals surface area contributed by atoms with Crippen molar-refractivity contribution in [2.45, 2.75) is 71.1 Å². The van der Waals surface area contributed by atoms with Crippen LogP contribution in [0.5, 0.6) is 0 Å². The Morgan fingerprint density at radius 1 is 1.05 bits per heavy atom. The van der Waals surface area contributed by atoms with Crippen LogP contribution in [0.25, 0.3) is 0 Å². The van der Waals surface area contributed by atoms with E-state index in [0.29, 0.717) is 29.6 Å². The van der Waals surface area contributed by atoms with Gasteiger partial charge < -0.3 is 10.5 Å². The molecule has 3 nitrogen and oxygen atoms in total. The molecule has 2 aliphatic heterocycles. The molecule has 116 valence electrons. The molecule has 2 bridgehead atoms. The highest BCUT2D eigenvalue weighted by molar-refractivity contribution is 4.95. The van der Waals surface area contributed by atoms with Gasteiger partial charge >= 0.3 is 0 Å². The van der Waals surface area contributed by atoms with Crippen molar-refractivity contribution in [3.63, 3.8) is 0 Å². The van der Waals surface area contributed by atoms with Crippen LogP contribution >= 0.6 is 0 Å². The quantitative estimate of drug-likeness (QED) is 0.845. The van der Waals surface area contributed by atoms with Gasteiger partial charge in [0, 0.05) is 19.1 Å². The van der Waals surface area contributed by atoms with Crippen molar-refractivity contribution >= 4 is 0 Å². The molecule has 2 saturated heterocycles. The zero-order valence-electron chi connectivity index (χ0n) is 13.5. The first-order chi connectivity index (χ1) is 9.47. The maximum absolute atomic E-state index is 6.08. The van der Waals surface area contributed by atoms with E-state index < -0.39 is 0 Å². The highest BCUT2D eigenvalue weighted by atomic mass is 16.5. The van der Waals surface area contributed by atoms with E-state index in [0.717, 1.165) is 25.6 Å². The van der Waals surface area contributed by atoms with Gasteiger partial charge in [-0.2, -0.15) is 0 Å². The third-order valence-corrected chi connectivity index (χ3v) is 6.02. The van der Waals surface area contributed by atoms with Crippen molar-refractivity contribution in [3.05, 3.63) is 0 Å². The fourth-order valence-electron chi connectivity index (χ4n) is 4.64. The average Bonchev–Trinajstić information content (AvgIpc) is 2.75. The van der Waals surface area contributed by atoms with Gasteiger partial charge in [0.15, 0.2) is 0 Å². The molecular formula is C17H32N2O. The Hall–Kier alpha value is -0.120. The third kappa shape index (κ3) is 2.90. The second-order valence-electron chi connectivity index (χ2n) is 8.35. The summed E-state index contributed by atoms with van der Waals surface area (Å²) < 4.78 is 6.01. The Morgan fingerprint density at radius 3 is 2.25 bits per heavy atom. The number of nitrogens with zero attached hydrogens (tertiary/aromatic N) is 1. The van der Waals surface area contributed by atoms with Crippen LogP contribution in [0.4, 0.5) is 0 Å². The summed E-state index contributed by atoms with van der Waals surface area (Å²) in [4.78, 5) is 2.74. The lowest BCUT2D eigenvalue weighted by Crippen LogP contribution is -2.54. The van der Waals surface area contributed by atoms with Crippen LogP contribution in [0.15, 0.2) is 0 Å². The van der Waals surface area contributed by atoms with E-state index in [1.807, 2.05) is 0 Å². The van der Waals surface area contributed by atoms with E-state index in [9.17, 15) is 0 Å². The van der Waals surface area contributed by atoms with Gasteiger partial charge in [-0.1, -0.05) is 20.8 Å². The first-order valence-corrected chi connectivity index (χ1v) is 8.57. The number of morpholine rings is 1. The van der Waals surface area contributed by atoms with Crippen molar-refractivity contribution in [2.24, 2.45) is 23.0 Å². The van der Waals surface area contributed by atoms with Gasteiger partial charge in [0.05, 0.1) is 12.2 Å². The monoisotopic (exact) mass is 280 g/mol. The number of hydrogen-bond donors (Lipinski definition) is 1. The number of nitrogens with two attached hydrogens (primary N) is 1. The molecule has 0 amide bonds. The van der Waals surface area contributed by atoms with Gasteiger partial charge in [-0.05, 0) is 55.9 Å². The van der Waals surface area contributed by atoms with Gasteiger partial charge in [0.25, 0.3) is 0 Å². The highest BCUT2D eigenvalue weighted by Gasteiger charge is 2.42. The third-order valence-electron chi connectivity index (χ3n) is 6.02. The Labute approximate surface area is 124 Å². The van der Waals surface area contributed by atoms with Crippen LogP contribution in [0.2, 0.25) is 0 Å². The summed E-state index contributed by atoms with van der Waals surface area (Å²) in [6, 6.07) is 0.699.